The van der Waals surface area contributed by atoms with Crippen LogP contribution in [0.25, 0.3) is 0 Å². The Morgan fingerprint density at radius 3 is 1.14 bits per heavy atom. The highest BCUT2D eigenvalue weighted by Gasteiger charge is 2.20. The van der Waals surface area contributed by atoms with E-state index in [2.05, 4.69) is 6.92 Å². The molecule has 0 aromatic carbocycles. The van der Waals surface area contributed by atoms with Gasteiger partial charge in [-0.25, -0.2) is 53.7 Å². The van der Waals surface area contributed by atoms with Crippen LogP contribution in [0.15, 0.2) is 0 Å². The molecule has 0 radical (unpaired) electrons. The number of hydrogen-bond acceptors (Lipinski definition) is 20. The highest BCUT2D eigenvalue weighted by Crippen LogP contribution is 2.14. The van der Waals surface area contributed by atoms with Crippen LogP contribution in [0.5, 0.6) is 0 Å². The van der Waals surface area contributed by atoms with Crippen molar-refractivity contribution in [3.05, 3.63) is 0 Å². The predicted octanol–water partition coefficient (Wildman–Crippen LogP) is 1.62. The van der Waals surface area contributed by atoms with Gasteiger partial charge >= 0.3 is 5.97 Å². The molecular formula is C36H72O20. The molecule has 6 atom stereocenters. The molecule has 336 valence electrons. The van der Waals surface area contributed by atoms with Crippen molar-refractivity contribution in [2.75, 3.05) is 79.3 Å². The zero-order valence-electron chi connectivity index (χ0n) is 33.2. The third-order valence-electron chi connectivity index (χ3n) is 7.80. The van der Waals surface area contributed by atoms with E-state index in [1.807, 2.05) is 0 Å². The molecule has 0 rings (SSSR count). The van der Waals surface area contributed by atoms with Crippen LogP contribution >= 0.6 is 0 Å². The van der Waals surface area contributed by atoms with Gasteiger partial charge in [0.15, 0.2) is 0 Å². The molecule has 6 unspecified atom stereocenters. The quantitative estimate of drug-likeness (QED) is 0.0261. The highest BCUT2D eigenvalue weighted by atomic mass is 17.3. The van der Waals surface area contributed by atoms with E-state index >= 15 is 0 Å². The summed E-state index contributed by atoms with van der Waals surface area (Å²) >= 11 is 0. The summed E-state index contributed by atoms with van der Waals surface area (Å²) < 4.78 is 0. The number of hydrogen-bond donors (Lipinski definition) is 7. The Balaban J connectivity index is 4.67. The smallest absolute Gasteiger partial charge is 0.342 e. The Morgan fingerprint density at radius 1 is 0.393 bits per heavy atom. The summed E-state index contributed by atoms with van der Waals surface area (Å²) in [6, 6.07) is 0. The Bertz CT molecular complexity index is 817. The van der Waals surface area contributed by atoms with Crippen molar-refractivity contribution in [3.63, 3.8) is 0 Å². The van der Waals surface area contributed by atoms with Gasteiger partial charge in [-0.05, 0) is 6.42 Å². The molecule has 0 aliphatic carbocycles. The molecule has 0 heterocycles. The third kappa shape index (κ3) is 37.0. The molecule has 7 N–H and O–H groups in total. The monoisotopic (exact) mass is 824 g/mol. The van der Waals surface area contributed by atoms with Crippen LogP contribution < -0.4 is 0 Å². The molecule has 56 heavy (non-hydrogen) atoms. The largest absolute Gasteiger partial charge is 0.394 e. The maximum absolute atomic E-state index is 12.3. The maximum atomic E-state index is 12.3. The fourth-order valence-corrected chi connectivity index (χ4v) is 4.47. The summed E-state index contributed by atoms with van der Waals surface area (Å²) in [5, 5.41) is 64.3. The van der Waals surface area contributed by atoms with E-state index < -0.39 is 75.6 Å². The van der Waals surface area contributed by atoms with Crippen LogP contribution in [0.2, 0.25) is 0 Å². The minimum atomic E-state index is -1.22. The van der Waals surface area contributed by atoms with E-state index in [0.717, 1.165) is 19.3 Å². The van der Waals surface area contributed by atoms with E-state index in [1.165, 1.54) is 70.6 Å². The van der Waals surface area contributed by atoms with Gasteiger partial charge in [-0.3, -0.25) is 4.89 Å². The van der Waals surface area contributed by atoms with Crippen molar-refractivity contribution in [2.45, 2.75) is 146 Å². The Hall–Kier alpha value is -1.25. The summed E-state index contributed by atoms with van der Waals surface area (Å²) in [4.78, 5) is 72.3. The van der Waals surface area contributed by atoms with Crippen LogP contribution in [-0.2, 0) is 63.4 Å². The fraction of sp³-hybridized carbons (Fsp3) is 0.972. The van der Waals surface area contributed by atoms with Gasteiger partial charge in [0.2, 0.25) is 0 Å². The molecule has 20 nitrogen and oxygen atoms in total. The van der Waals surface area contributed by atoms with Crippen LogP contribution in [0.1, 0.15) is 110 Å². The van der Waals surface area contributed by atoms with E-state index in [9.17, 15) is 25.2 Å². The molecule has 0 amide bonds. The second-order valence-corrected chi connectivity index (χ2v) is 13.3. The molecule has 0 saturated carbocycles. The minimum absolute atomic E-state index is 0.168. The van der Waals surface area contributed by atoms with Crippen LogP contribution in [0, 0.1) is 0 Å². The number of aliphatic hydroxyl groups excluding tert-OH is 7. The number of carbonyl (C=O) groups is 1. The van der Waals surface area contributed by atoms with E-state index in [1.54, 1.807) is 0 Å². The van der Waals surface area contributed by atoms with Gasteiger partial charge < -0.3 is 35.7 Å². The van der Waals surface area contributed by atoms with Crippen molar-refractivity contribution in [2.24, 2.45) is 0 Å². The van der Waals surface area contributed by atoms with Gasteiger partial charge in [0.1, 0.15) is 89.5 Å². The molecular weight excluding hydrogens is 752 g/mol. The molecule has 0 spiro atoms. The Labute approximate surface area is 330 Å². The summed E-state index contributed by atoms with van der Waals surface area (Å²) in [6.45, 7) is -2.85. The first kappa shape index (κ1) is 54.8. The first-order valence-electron chi connectivity index (χ1n) is 19.9. The summed E-state index contributed by atoms with van der Waals surface area (Å²) in [5.41, 5.74) is 0. The number of rotatable bonds is 45. The topological polar surface area (TPSA) is 269 Å². The lowest BCUT2D eigenvalue weighted by molar-refractivity contribution is -0.421. The lowest BCUT2D eigenvalue weighted by Crippen LogP contribution is -2.32. The van der Waals surface area contributed by atoms with Gasteiger partial charge in [0.25, 0.3) is 0 Å². The Kier molecular flexibility index (Phi) is 41.0. The maximum Gasteiger partial charge on any atom is 0.342 e. The molecule has 0 aromatic heterocycles. The Morgan fingerprint density at radius 2 is 0.714 bits per heavy atom. The van der Waals surface area contributed by atoms with Gasteiger partial charge in [-0.2, -0.15) is 4.89 Å². The zero-order valence-corrected chi connectivity index (χ0v) is 33.2. The molecule has 0 bridgehead atoms. The van der Waals surface area contributed by atoms with Gasteiger partial charge in [-0.1, -0.05) is 96.8 Å². The molecule has 0 saturated heterocycles. The summed E-state index contributed by atoms with van der Waals surface area (Å²) in [5.74, 6) is -0.565. The predicted molar refractivity (Wildman–Crippen MR) is 194 cm³/mol. The lowest BCUT2D eigenvalue weighted by atomic mass is 10.0. The molecule has 0 aromatic rings. The van der Waals surface area contributed by atoms with Crippen molar-refractivity contribution >= 4 is 5.97 Å². The molecule has 0 aliphatic rings. The van der Waals surface area contributed by atoms with Crippen molar-refractivity contribution in [1.29, 1.82) is 0 Å². The minimum Gasteiger partial charge on any atom is -0.394 e. The SMILES string of the molecule is CCCCCCCCCCCCCCCCCC(=O)OOCC(COOCC(CO)OOCC(O)CO)OOCC(COOCC(O)CO)OOCC(O)CO. The number of unbranched alkanes of at least 4 members (excludes halogenated alkanes) is 14. The third-order valence-corrected chi connectivity index (χ3v) is 7.80. The number of carbonyl (C=O) groups excluding carboxylic acids is 1. The average Bonchev–Trinajstić information content (AvgIpc) is 3.20. The second kappa shape index (κ2) is 41.9. The first-order valence-corrected chi connectivity index (χ1v) is 19.9. The molecule has 0 aliphatic heterocycles. The summed E-state index contributed by atoms with van der Waals surface area (Å²) in [6.07, 6.45) is 11.5. The molecule has 0 fully saturated rings. The van der Waals surface area contributed by atoms with Crippen molar-refractivity contribution < 1.29 is 99.2 Å². The lowest BCUT2D eigenvalue weighted by Gasteiger charge is -2.20. The van der Waals surface area contributed by atoms with E-state index in [-0.39, 0.29) is 52.7 Å². The highest BCUT2D eigenvalue weighted by molar-refractivity contribution is 5.68. The number of aliphatic hydroxyl groups is 7. The zero-order chi connectivity index (χ0) is 41.3. The van der Waals surface area contributed by atoms with Crippen LogP contribution in [0.4, 0.5) is 0 Å². The van der Waals surface area contributed by atoms with E-state index in [4.69, 9.17) is 74.0 Å². The standard InChI is InChI=1S/C36H72O20/c1-2-3-4-5-6-7-8-9-10-11-12-13-14-15-16-17-36(44)56-52-29-35(27-48-46-25-33(21-40)53-49-23-31(42)19-38)55-51-28-34(54-50-24-32(43)20-39)26-47-45-22-30(41)18-37/h30-35,37-43H,2-29H2,1H3. The van der Waals surface area contributed by atoms with Crippen LogP contribution in [-0.4, -0.2) is 158 Å². The van der Waals surface area contributed by atoms with Gasteiger partial charge in [0, 0.05) is 6.42 Å². The van der Waals surface area contributed by atoms with Crippen molar-refractivity contribution in [1.82, 2.24) is 0 Å². The summed E-state index contributed by atoms with van der Waals surface area (Å²) in [7, 11) is 0. The van der Waals surface area contributed by atoms with Gasteiger partial charge in [0.05, 0.1) is 26.4 Å². The molecule has 20 heteroatoms. The normalized spacial score (nSPS) is 15.1. The first-order chi connectivity index (χ1) is 27.3. The van der Waals surface area contributed by atoms with Crippen LogP contribution in [0.3, 0.4) is 0 Å². The van der Waals surface area contributed by atoms with Crippen molar-refractivity contribution in [3.8, 4) is 0 Å². The fourth-order valence-electron chi connectivity index (χ4n) is 4.47. The van der Waals surface area contributed by atoms with E-state index in [0.29, 0.717) is 6.42 Å². The average molecular weight is 825 g/mol. The van der Waals surface area contributed by atoms with Gasteiger partial charge in [-0.15, -0.1) is 0 Å². The second-order valence-electron chi connectivity index (χ2n) is 13.3.